The topological polar surface area (TPSA) is 53.1 Å². The number of rotatable bonds is 5. The second-order valence-corrected chi connectivity index (χ2v) is 4.03. The van der Waals surface area contributed by atoms with Crippen molar-refractivity contribution >= 4 is 0 Å². The maximum atomic E-state index is 13.7. The van der Waals surface area contributed by atoms with Gasteiger partial charge in [-0.1, -0.05) is 6.07 Å². The Hall–Kier alpha value is -1.88. The Labute approximate surface area is 105 Å². The molecule has 0 saturated heterocycles. The van der Waals surface area contributed by atoms with Crippen molar-refractivity contribution in [2.24, 2.45) is 5.73 Å². The van der Waals surface area contributed by atoms with Crippen LogP contribution in [0.1, 0.15) is 11.3 Å². The molecule has 0 amide bonds. The van der Waals surface area contributed by atoms with E-state index in [1.54, 1.807) is 18.5 Å². The molecule has 2 N–H and O–H groups in total. The number of nitrogens with zero attached hydrogens (tertiary/aromatic N) is 2. The Balaban J connectivity index is 2.12. The van der Waals surface area contributed by atoms with Gasteiger partial charge in [0.05, 0.1) is 25.7 Å². The molecule has 96 valence electrons. The number of aromatic nitrogens is 2. The summed E-state index contributed by atoms with van der Waals surface area (Å²) in [6, 6.07) is 4.85. The standard InChI is InChI=1S/C13H16FN3O/c1-18-12-3-2-10(13(14)6-12)7-17-8-11(4-5-15)16-9-17/h2-3,6,8-9H,4-5,7,15H2,1H3. The molecular weight excluding hydrogens is 233 g/mol. The van der Waals surface area contributed by atoms with Crippen molar-refractivity contribution in [3.05, 3.63) is 47.8 Å². The second kappa shape index (κ2) is 5.64. The quantitative estimate of drug-likeness (QED) is 0.875. The van der Waals surface area contributed by atoms with Crippen LogP contribution in [0, 0.1) is 5.82 Å². The molecule has 0 aliphatic rings. The summed E-state index contributed by atoms with van der Waals surface area (Å²) in [6.45, 7) is 1.02. The summed E-state index contributed by atoms with van der Waals surface area (Å²) >= 11 is 0. The molecule has 0 spiro atoms. The Kier molecular flexibility index (Phi) is 3.94. The normalized spacial score (nSPS) is 10.6. The number of ether oxygens (including phenoxy) is 1. The summed E-state index contributed by atoms with van der Waals surface area (Å²) < 4.78 is 20.6. The predicted molar refractivity (Wildman–Crippen MR) is 67.0 cm³/mol. The first-order valence-corrected chi connectivity index (χ1v) is 5.76. The molecule has 2 rings (SSSR count). The minimum absolute atomic E-state index is 0.275. The van der Waals surface area contributed by atoms with Crippen LogP contribution in [-0.4, -0.2) is 23.2 Å². The minimum atomic E-state index is -0.275. The van der Waals surface area contributed by atoms with Crippen molar-refractivity contribution in [1.29, 1.82) is 0 Å². The molecule has 0 radical (unpaired) electrons. The van der Waals surface area contributed by atoms with Crippen molar-refractivity contribution in [3.63, 3.8) is 0 Å². The summed E-state index contributed by atoms with van der Waals surface area (Å²) in [7, 11) is 1.52. The molecular formula is C13H16FN3O. The number of hydrogen-bond donors (Lipinski definition) is 1. The van der Waals surface area contributed by atoms with Crippen LogP contribution in [-0.2, 0) is 13.0 Å². The van der Waals surface area contributed by atoms with Gasteiger partial charge in [-0.05, 0) is 12.6 Å². The minimum Gasteiger partial charge on any atom is -0.497 e. The molecule has 0 aliphatic carbocycles. The Morgan fingerprint density at radius 2 is 2.28 bits per heavy atom. The number of hydrogen-bond acceptors (Lipinski definition) is 3. The lowest BCUT2D eigenvalue weighted by Gasteiger charge is -2.06. The van der Waals surface area contributed by atoms with E-state index in [9.17, 15) is 4.39 Å². The maximum Gasteiger partial charge on any atom is 0.131 e. The SMILES string of the molecule is COc1ccc(Cn2cnc(CCN)c2)c(F)c1. The third kappa shape index (κ3) is 2.87. The highest BCUT2D eigenvalue weighted by Gasteiger charge is 2.05. The van der Waals surface area contributed by atoms with Gasteiger partial charge in [0.15, 0.2) is 0 Å². The van der Waals surface area contributed by atoms with E-state index in [1.165, 1.54) is 13.2 Å². The van der Waals surface area contributed by atoms with Crippen LogP contribution in [0.2, 0.25) is 0 Å². The summed E-state index contributed by atoms with van der Waals surface area (Å²) in [4.78, 5) is 4.20. The van der Waals surface area contributed by atoms with Crippen LogP contribution in [0.4, 0.5) is 4.39 Å². The van der Waals surface area contributed by atoms with Crippen molar-refractivity contribution in [1.82, 2.24) is 9.55 Å². The van der Waals surface area contributed by atoms with E-state index in [0.717, 1.165) is 12.1 Å². The van der Waals surface area contributed by atoms with Crippen LogP contribution in [0.5, 0.6) is 5.75 Å². The van der Waals surface area contributed by atoms with E-state index in [-0.39, 0.29) is 5.82 Å². The highest BCUT2D eigenvalue weighted by molar-refractivity contribution is 5.29. The van der Waals surface area contributed by atoms with Gasteiger partial charge < -0.3 is 15.0 Å². The maximum absolute atomic E-state index is 13.7. The number of nitrogens with two attached hydrogens (primary N) is 1. The third-order valence-corrected chi connectivity index (χ3v) is 2.70. The molecule has 2 aromatic rings. The smallest absolute Gasteiger partial charge is 0.131 e. The average molecular weight is 249 g/mol. The number of benzene rings is 1. The molecule has 5 heteroatoms. The molecule has 1 aromatic carbocycles. The summed E-state index contributed by atoms with van der Waals surface area (Å²) in [5, 5.41) is 0. The lowest BCUT2D eigenvalue weighted by atomic mass is 10.2. The number of imidazole rings is 1. The lowest BCUT2D eigenvalue weighted by Crippen LogP contribution is -2.03. The van der Waals surface area contributed by atoms with Crippen LogP contribution >= 0.6 is 0 Å². The molecule has 1 heterocycles. The van der Waals surface area contributed by atoms with E-state index in [0.29, 0.717) is 24.4 Å². The summed E-state index contributed by atoms with van der Waals surface area (Å²) in [5.41, 5.74) is 6.98. The molecule has 0 bridgehead atoms. The predicted octanol–water partition coefficient (Wildman–Crippen LogP) is 1.58. The Morgan fingerprint density at radius 1 is 1.44 bits per heavy atom. The van der Waals surface area contributed by atoms with Crippen molar-refractivity contribution in [2.45, 2.75) is 13.0 Å². The van der Waals surface area contributed by atoms with Crippen molar-refractivity contribution in [2.75, 3.05) is 13.7 Å². The molecule has 18 heavy (non-hydrogen) atoms. The van der Waals surface area contributed by atoms with E-state index in [1.807, 2.05) is 10.8 Å². The first-order chi connectivity index (χ1) is 8.72. The van der Waals surface area contributed by atoms with Gasteiger partial charge >= 0.3 is 0 Å². The van der Waals surface area contributed by atoms with E-state index in [2.05, 4.69) is 4.98 Å². The average Bonchev–Trinajstić information content (AvgIpc) is 2.80. The molecule has 0 saturated carbocycles. The fourth-order valence-corrected chi connectivity index (χ4v) is 1.75. The van der Waals surface area contributed by atoms with Crippen LogP contribution in [0.3, 0.4) is 0 Å². The van der Waals surface area contributed by atoms with Gasteiger partial charge in [0.2, 0.25) is 0 Å². The summed E-state index contributed by atoms with van der Waals surface area (Å²) in [5.74, 6) is 0.245. The zero-order chi connectivity index (χ0) is 13.0. The highest BCUT2D eigenvalue weighted by atomic mass is 19.1. The van der Waals surface area contributed by atoms with Gasteiger partial charge in [0.25, 0.3) is 0 Å². The lowest BCUT2D eigenvalue weighted by molar-refractivity contribution is 0.410. The van der Waals surface area contributed by atoms with E-state index >= 15 is 0 Å². The van der Waals surface area contributed by atoms with Gasteiger partial charge in [0.1, 0.15) is 11.6 Å². The molecule has 4 nitrogen and oxygen atoms in total. The molecule has 0 fully saturated rings. The number of methoxy groups -OCH3 is 1. The first kappa shape index (κ1) is 12.6. The first-order valence-electron chi connectivity index (χ1n) is 5.76. The number of halogens is 1. The Bertz CT molecular complexity index is 525. The van der Waals surface area contributed by atoms with Gasteiger partial charge in [-0.2, -0.15) is 0 Å². The van der Waals surface area contributed by atoms with Crippen LogP contribution < -0.4 is 10.5 Å². The molecule has 0 aliphatic heterocycles. The fraction of sp³-hybridized carbons (Fsp3) is 0.308. The van der Waals surface area contributed by atoms with E-state index < -0.39 is 0 Å². The second-order valence-electron chi connectivity index (χ2n) is 4.03. The Morgan fingerprint density at radius 3 is 2.94 bits per heavy atom. The van der Waals surface area contributed by atoms with Gasteiger partial charge in [-0.15, -0.1) is 0 Å². The van der Waals surface area contributed by atoms with Crippen LogP contribution in [0.15, 0.2) is 30.7 Å². The molecule has 1 aromatic heterocycles. The van der Waals surface area contributed by atoms with Crippen LogP contribution in [0.25, 0.3) is 0 Å². The zero-order valence-corrected chi connectivity index (χ0v) is 10.3. The van der Waals surface area contributed by atoms with E-state index in [4.69, 9.17) is 10.5 Å². The zero-order valence-electron chi connectivity index (χ0n) is 10.3. The monoisotopic (exact) mass is 249 g/mol. The third-order valence-electron chi connectivity index (χ3n) is 2.70. The molecule has 0 atom stereocenters. The van der Waals surface area contributed by atoms with Crippen molar-refractivity contribution < 1.29 is 9.13 Å². The largest absolute Gasteiger partial charge is 0.497 e. The van der Waals surface area contributed by atoms with Crippen molar-refractivity contribution in [3.8, 4) is 5.75 Å². The molecule has 0 unspecified atom stereocenters. The van der Waals surface area contributed by atoms with Gasteiger partial charge in [-0.25, -0.2) is 9.37 Å². The van der Waals surface area contributed by atoms with Gasteiger partial charge in [-0.3, -0.25) is 0 Å². The highest BCUT2D eigenvalue weighted by Crippen LogP contribution is 2.17. The summed E-state index contributed by atoms with van der Waals surface area (Å²) in [6.07, 6.45) is 4.31. The fourth-order valence-electron chi connectivity index (χ4n) is 1.75. The van der Waals surface area contributed by atoms with Gasteiger partial charge in [0, 0.05) is 24.2 Å².